The van der Waals surface area contributed by atoms with Gasteiger partial charge in [-0.05, 0) is 49.7 Å². The van der Waals surface area contributed by atoms with Crippen molar-refractivity contribution in [2.24, 2.45) is 0 Å². The fraction of sp³-hybridized carbons (Fsp3) is 0.316. The van der Waals surface area contributed by atoms with E-state index in [0.717, 1.165) is 5.56 Å². The average molecular weight is 455 g/mol. The summed E-state index contributed by atoms with van der Waals surface area (Å²) in [6, 6.07) is 13.8. The van der Waals surface area contributed by atoms with Crippen LogP contribution in [-0.4, -0.2) is 27.0 Å². The molecule has 8 heteroatoms. The molecule has 0 aliphatic heterocycles. The van der Waals surface area contributed by atoms with E-state index in [-0.39, 0.29) is 29.9 Å². The summed E-state index contributed by atoms with van der Waals surface area (Å²) in [5.74, 6) is -0.270. The van der Waals surface area contributed by atoms with Crippen molar-refractivity contribution in [2.75, 3.05) is 11.9 Å². The quantitative estimate of drug-likeness (QED) is 0.604. The fourth-order valence-corrected chi connectivity index (χ4v) is 3.87. The van der Waals surface area contributed by atoms with Gasteiger partial charge in [-0.15, -0.1) is 0 Å². The van der Waals surface area contributed by atoms with E-state index in [1.165, 1.54) is 12.1 Å². The number of halogens is 1. The molecule has 0 unspecified atom stereocenters. The fourth-order valence-electron chi connectivity index (χ4n) is 2.24. The lowest BCUT2D eigenvalue weighted by Gasteiger charge is -2.10. The molecule has 0 saturated heterocycles. The summed E-state index contributed by atoms with van der Waals surface area (Å²) in [5.41, 5.74) is 1.61. The van der Waals surface area contributed by atoms with Crippen LogP contribution in [0.1, 0.15) is 25.8 Å². The van der Waals surface area contributed by atoms with Gasteiger partial charge in [0.25, 0.3) is 0 Å². The first-order valence-electron chi connectivity index (χ1n) is 8.52. The van der Waals surface area contributed by atoms with Crippen LogP contribution in [0.25, 0.3) is 0 Å². The minimum Gasteiger partial charge on any atom is -0.374 e. The number of anilines is 1. The van der Waals surface area contributed by atoms with Crippen LogP contribution in [0.2, 0.25) is 0 Å². The Morgan fingerprint density at radius 3 is 2.59 bits per heavy atom. The van der Waals surface area contributed by atoms with Crippen molar-refractivity contribution in [2.45, 2.75) is 37.9 Å². The first kappa shape index (κ1) is 21.6. The number of benzene rings is 2. The van der Waals surface area contributed by atoms with Gasteiger partial charge in [-0.1, -0.05) is 34.1 Å². The Labute approximate surface area is 168 Å². The highest BCUT2D eigenvalue weighted by Crippen LogP contribution is 2.16. The molecule has 0 aliphatic carbocycles. The highest BCUT2D eigenvalue weighted by atomic mass is 79.9. The second-order valence-corrected chi connectivity index (χ2v) is 8.90. The molecule has 0 heterocycles. The summed E-state index contributed by atoms with van der Waals surface area (Å²) >= 11 is 3.24. The molecule has 2 aromatic rings. The third kappa shape index (κ3) is 7.42. The van der Waals surface area contributed by atoms with E-state index in [1.807, 2.05) is 32.0 Å². The lowest BCUT2D eigenvalue weighted by atomic mass is 10.2. The molecular weight excluding hydrogens is 432 g/mol. The van der Waals surface area contributed by atoms with Gasteiger partial charge >= 0.3 is 0 Å². The van der Waals surface area contributed by atoms with Gasteiger partial charge in [0.2, 0.25) is 15.9 Å². The van der Waals surface area contributed by atoms with Crippen LogP contribution in [0.15, 0.2) is 57.9 Å². The van der Waals surface area contributed by atoms with Gasteiger partial charge in [0.05, 0.1) is 17.6 Å². The minimum absolute atomic E-state index is 0.0107. The Kier molecular flexibility index (Phi) is 7.97. The maximum atomic E-state index is 12.2. The van der Waals surface area contributed by atoms with Crippen LogP contribution in [0.4, 0.5) is 5.69 Å². The zero-order chi connectivity index (χ0) is 19.9. The number of carbonyl (C=O) groups excluding carboxylic acids is 1. The highest BCUT2D eigenvalue weighted by molar-refractivity contribution is 9.10. The van der Waals surface area contributed by atoms with Crippen molar-refractivity contribution in [3.05, 3.63) is 58.6 Å². The molecule has 0 fully saturated rings. The van der Waals surface area contributed by atoms with E-state index >= 15 is 0 Å². The molecule has 0 bridgehead atoms. The number of hydrogen-bond donors (Lipinski definition) is 2. The van der Waals surface area contributed by atoms with Crippen LogP contribution in [-0.2, 0) is 26.2 Å². The molecule has 0 atom stereocenters. The van der Waals surface area contributed by atoms with Crippen LogP contribution < -0.4 is 10.0 Å². The largest absolute Gasteiger partial charge is 0.374 e. The first-order valence-corrected chi connectivity index (χ1v) is 10.8. The molecule has 6 nitrogen and oxygen atoms in total. The summed E-state index contributed by atoms with van der Waals surface area (Å²) in [5, 5.41) is 2.77. The summed E-state index contributed by atoms with van der Waals surface area (Å²) < 4.78 is 33.1. The zero-order valence-corrected chi connectivity index (χ0v) is 17.6. The molecule has 2 aromatic carbocycles. The second-order valence-electron chi connectivity index (χ2n) is 6.21. The molecular formula is C19H23BrN2O4S. The summed E-state index contributed by atoms with van der Waals surface area (Å²) in [4.78, 5) is 12.2. The van der Waals surface area contributed by atoms with Gasteiger partial charge in [-0.25, -0.2) is 13.1 Å². The van der Waals surface area contributed by atoms with Crippen LogP contribution >= 0.6 is 15.9 Å². The Balaban J connectivity index is 1.85. The molecule has 0 aromatic heterocycles. The van der Waals surface area contributed by atoms with Crippen LogP contribution in [0.3, 0.4) is 0 Å². The molecule has 2 rings (SSSR count). The molecule has 0 radical (unpaired) electrons. The molecule has 0 saturated carbocycles. The Morgan fingerprint density at radius 2 is 1.89 bits per heavy atom. The van der Waals surface area contributed by atoms with Crippen molar-refractivity contribution < 1.29 is 17.9 Å². The van der Waals surface area contributed by atoms with Gasteiger partial charge in [0.1, 0.15) is 0 Å². The zero-order valence-electron chi connectivity index (χ0n) is 15.2. The number of ether oxygens (including phenoxy) is 1. The van der Waals surface area contributed by atoms with E-state index in [1.54, 1.807) is 18.2 Å². The SMILES string of the molecule is CC(C)OCc1cccc(NC(=O)CCNS(=O)(=O)c2cccc(Br)c2)c1. The highest BCUT2D eigenvalue weighted by Gasteiger charge is 2.14. The van der Waals surface area contributed by atoms with E-state index in [0.29, 0.717) is 16.8 Å². The topological polar surface area (TPSA) is 84.5 Å². The standard InChI is InChI=1S/C19H23BrN2O4S/c1-14(2)26-13-15-5-3-7-17(11-15)22-19(23)9-10-21-27(24,25)18-8-4-6-16(20)12-18/h3-8,11-12,14,21H,9-10,13H2,1-2H3,(H,22,23). The second kappa shape index (κ2) is 9.98. The van der Waals surface area contributed by atoms with Crippen LogP contribution in [0, 0.1) is 0 Å². The minimum atomic E-state index is -3.65. The number of sulfonamides is 1. The Hall–Kier alpha value is -1.74. The van der Waals surface area contributed by atoms with Crippen molar-refractivity contribution >= 4 is 37.5 Å². The third-order valence-corrected chi connectivity index (χ3v) is 5.50. The van der Waals surface area contributed by atoms with Gasteiger partial charge < -0.3 is 10.1 Å². The normalized spacial score (nSPS) is 11.6. The maximum Gasteiger partial charge on any atom is 0.240 e. The number of rotatable bonds is 9. The molecule has 2 N–H and O–H groups in total. The predicted molar refractivity (Wildman–Crippen MR) is 109 cm³/mol. The molecule has 1 amide bonds. The third-order valence-electron chi connectivity index (χ3n) is 3.54. The van der Waals surface area contributed by atoms with E-state index in [9.17, 15) is 13.2 Å². The summed E-state index contributed by atoms with van der Waals surface area (Å²) in [6.45, 7) is 4.40. The predicted octanol–water partition coefficient (Wildman–Crippen LogP) is 3.68. The Morgan fingerprint density at radius 1 is 1.15 bits per heavy atom. The number of amides is 1. The van der Waals surface area contributed by atoms with E-state index < -0.39 is 10.0 Å². The summed E-state index contributed by atoms with van der Waals surface area (Å²) in [7, 11) is -3.65. The Bertz CT molecular complexity index is 885. The van der Waals surface area contributed by atoms with Crippen molar-refractivity contribution in [1.82, 2.24) is 4.72 Å². The van der Waals surface area contributed by atoms with Crippen molar-refractivity contribution in [3.63, 3.8) is 0 Å². The number of nitrogens with one attached hydrogen (secondary N) is 2. The van der Waals surface area contributed by atoms with Gasteiger partial charge in [-0.3, -0.25) is 4.79 Å². The molecule has 0 aliphatic rings. The number of hydrogen-bond acceptors (Lipinski definition) is 4. The lowest BCUT2D eigenvalue weighted by molar-refractivity contribution is -0.116. The van der Waals surface area contributed by atoms with Crippen LogP contribution in [0.5, 0.6) is 0 Å². The summed E-state index contributed by atoms with van der Waals surface area (Å²) in [6.07, 6.45) is 0.154. The monoisotopic (exact) mass is 454 g/mol. The van der Waals surface area contributed by atoms with E-state index in [2.05, 4.69) is 26.0 Å². The lowest BCUT2D eigenvalue weighted by Crippen LogP contribution is -2.27. The number of carbonyl (C=O) groups is 1. The average Bonchev–Trinajstić information content (AvgIpc) is 2.60. The smallest absolute Gasteiger partial charge is 0.240 e. The molecule has 0 spiro atoms. The van der Waals surface area contributed by atoms with Gasteiger partial charge in [-0.2, -0.15) is 0 Å². The van der Waals surface area contributed by atoms with Gasteiger partial charge in [0, 0.05) is 23.1 Å². The van der Waals surface area contributed by atoms with Gasteiger partial charge in [0.15, 0.2) is 0 Å². The molecule has 146 valence electrons. The van der Waals surface area contributed by atoms with E-state index in [4.69, 9.17) is 4.74 Å². The van der Waals surface area contributed by atoms with Crippen molar-refractivity contribution in [1.29, 1.82) is 0 Å². The first-order chi connectivity index (χ1) is 12.8. The van der Waals surface area contributed by atoms with Crippen molar-refractivity contribution in [3.8, 4) is 0 Å². The maximum absolute atomic E-state index is 12.2. The molecule has 27 heavy (non-hydrogen) atoms.